The number of rotatable bonds is 7. The molecule has 4 heteroatoms. The van der Waals surface area contributed by atoms with Crippen LogP contribution in [-0.4, -0.2) is 33.5 Å². The Kier molecular flexibility index (Phi) is 5.93. The highest BCUT2D eigenvalue weighted by Gasteiger charge is 2.33. The van der Waals surface area contributed by atoms with Gasteiger partial charge in [-0.25, -0.2) is 8.42 Å². The molecule has 3 nitrogen and oxygen atoms in total. The molecule has 0 aromatic carbocycles. The lowest BCUT2D eigenvalue weighted by Crippen LogP contribution is -2.28. The van der Waals surface area contributed by atoms with Crippen molar-refractivity contribution < 1.29 is 8.42 Å². The van der Waals surface area contributed by atoms with E-state index in [-0.39, 0.29) is 0 Å². The molecule has 1 aliphatic rings. The third kappa shape index (κ3) is 4.96. The third-order valence-electron chi connectivity index (χ3n) is 3.89. The van der Waals surface area contributed by atoms with Crippen LogP contribution in [0, 0.1) is 17.8 Å². The molecular formula is C13H27NO2S. The Morgan fingerprint density at radius 2 is 2.12 bits per heavy atom. The van der Waals surface area contributed by atoms with Crippen molar-refractivity contribution in [2.24, 2.45) is 17.8 Å². The first kappa shape index (κ1) is 15.0. The Morgan fingerprint density at radius 3 is 2.59 bits per heavy atom. The summed E-state index contributed by atoms with van der Waals surface area (Å²) in [7, 11) is -0.775. The van der Waals surface area contributed by atoms with Gasteiger partial charge in [-0.05, 0) is 44.2 Å². The van der Waals surface area contributed by atoms with Crippen LogP contribution in [0.2, 0.25) is 0 Å². The quantitative estimate of drug-likeness (QED) is 0.763. The topological polar surface area (TPSA) is 46.2 Å². The SMILES string of the molecule is CCCC(C)CC(CNC)C1CCS(=O)(=O)C1. The van der Waals surface area contributed by atoms with E-state index in [4.69, 9.17) is 0 Å². The van der Waals surface area contributed by atoms with Crippen LogP contribution < -0.4 is 5.32 Å². The smallest absolute Gasteiger partial charge is 0.150 e. The van der Waals surface area contributed by atoms with E-state index in [1.54, 1.807) is 0 Å². The van der Waals surface area contributed by atoms with Crippen molar-refractivity contribution in [3.63, 3.8) is 0 Å². The van der Waals surface area contributed by atoms with Crippen LogP contribution in [0.4, 0.5) is 0 Å². The van der Waals surface area contributed by atoms with E-state index >= 15 is 0 Å². The van der Waals surface area contributed by atoms with E-state index in [0.29, 0.717) is 29.3 Å². The second kappa shape index (κ2) is 6.74. The van der Waals surface area contributed by atoms with Gasteiger partial charge in [-0.2, -0.15) is 0 Å². The van der Waals surface area contributed by atoms with Gasteiger partial charge >= 0.3 is 0 Å². The van der Waals surface area contributed by atoms with E-state index in [1.165, 1.54) is 12.8 Å². The Labute approximate surface area is 106 Å². The van der Waals surface area contributed by atoms with E-state index in [2.05, 4.69) is 19.2 Å². The molecule has 102 valence electrons. The molecule has 1 rings (SSSR count). The molecule has 3 atom stereocenters. The fraction of sp³-hybridized carbons (Fsp3) is 1.00. The van der Waals surface area contributed by atoms with Crippen LogP contribution in [0.1, 0.15) is 39.5 Å². The van der Waals surface area contributed by atoms with Crippen molar-refractivity contribution >= 4 is 9.84 Å². The van der Waals surface area contributed by atoms with Gasteiger partial charge in [0.2, 0.25) is 0 Å². The summed E-state index contributed by atoms with van der Waals surface area (Å²) in [5, 5.41) is 3.22. The number of hydrogen-bond donors (Lipinski definition) is 1. The van der Waals surface area contributed by atoms with Gasteiger partial charge in [0.1, 0.15) is 0 Å². The van der Waals surface area contributed by atoms with E-state index in [1.807, 2.05) is 7.05 Å². The summed E-state index contributed by atoms with van der Waals surface area (Å²) in [4.78, 5) is 0. The summed E-state index contributed by atoms with van der Waals surface area (Å²) < 4.78 is 23.1. The molecule has 1 fully saturated rings. The van der Waals surface area contributed by atoms with Gasteiger partial charge in [0.15, 0.2) is 9.84 Å². The van der Waals surface area contributed by atoms with Crippen LogP contribution in [0.25, 0.3) is 0 Å². The van der Waals surface area contributed by atoms with Gasteiger partial charge in [-0.1, -0.05) is 26.7 Å². The minimum absolute atomic E-state index is 0.381. The number of sulfone groups is 1. The highest BCUT2D eigenvalue weighted by molar-refractivity contribution is 7.91. The molecule has 1 N–H and O–H groups in total. The molecule has 17 heavy (non-hydrogen) atoms. The zero-order chi connectivity index (χ0) is 12.9. The lowest BCUT2D eigenvalue weighted by atomic mass is 9.83. The van der Waals surface area contributed by atoms with Gasteiger partial charge < -0.3 is 5.32 Å². The summed E-state index contributed by atoms with van der Waals surface area (Å²) in [6, 6.07) is 0. The van der Waals surface area contributed by atoms with Gasteiger partial charge in [0.25, 0.3) is 0 Å². The zero-order valence-electron chi connectivity index (χ0n) is 11.4. The van der Waals surface area contributed by atoms with Crippen molar-refractivity contribution in [2.75, 3.05) is 25.1 Å². The second-order valence-corrected chi connectivity index (χ2v) is 7.84. The molecule has 0 aromatic rings. The standard InChI is InChI=1S/C13H27NO2S/c1-4-5-11(2)8-13(9-14-3)12-6-7-17(15,16)10-12/h11-14H,4-10H2,1-3H3. The molecule has 1 saturated heterocycles. The zero-order valence-corrected chi connectivity index (χ0v) is 12.2. The second-order valence-electron chi connectivity index (χ2n) is 5.61. The van der Waals surface area contributed by atoms with Crippen molar-refractivity contribution in [3.05, 3.63) is 0 Å². The third-order valence-corrected chi connectivity index (χ3v) is 5.68. The average molecular weight is 261 g/mol. The van der Waals surface area contributed by atoms with E-state index in [9.17, 15) is 8.42 Å². The Morgan fingerprint density at radius 1 is 1.41 bits per heavy atom. The molecule has 3 unspecified atom stereocenters. The van der Waals surface area contributed by atoms with Crippen LogP contribution in [0.5, 0.6) is 0 Å². The fourth-order valence-corrected chi connectivity index (χ4v) is 4.95. The van der Waals surface area contributed by atoms with Gasteiger partial charge in [0.05, 0.1) is 11.5 Å². The van der Waals surface area contributed by atoms with Crippen LogP contribution in [0.3, 0.4) is 0 Å². The highest BCUT2D eigenvalue weighted by atomic mass is 32.2. The lowest BCUT2D eigenvalue weighted by molar-refractivity contribution is 0.280. The summed E-state index contributed by atoms with van der Waals surface area (Å²) in [5.41, 5.74) is 0. The highest BCUT2D eigenvalue weighted by Crippen LogP contribution is 2.31. The maximum atomic E-state index is 11.5. The van der Waals surface area contributed by atoms with Crippen LogP contribution in [0.15, 0.2) is 0 Å². The molecular weight excluding hydrogens is 234 g/mol. The number of hydrogen-bond acceptors (Lipinski definition) is 3. The van der Waals surface area contributed by atoms with Crippen LogP contribution >= 0.6 is 0 Å². The molecule has 0 aliphatic carbocycles. The molecule has 0 spiro atoms. The summed E-state index contributed by atoms with van der Waals surface area (Å²) in [5.74, 6) is 2.44. The minimum Gasteiger partial charge on any atom is -0.319 e. The molecule has 0 radical (unpaired) electrons. The fourth-order valence-electron chi connectivity index (χ4n) is 3.03. The van der Waals surface area contributed by atoms with Crippen molar-refractivity contribution in [2.45, 2.75) is 39.5 Å². The lowest BCUT2D eigenvalue weighted by Gasteiger charge is -2.25. The molecule has 0 amide bonds. The minimum atomic E-state index is -2.73. The first-order valence-electron chi connectivity index (χ1n) is 6.83. The van der Waals surface area contributed by atoms with Crippen LogP contribution in [-0.2, 0) is 9.84 Å². The van der Waals surface area contributed by atoms with E-state index in [0.717, 1.165) is 19.4 Å². The first-order chi connectivity index (χ1) is 7.98. The first-order valence-corrected chi connectivity index (χ1v) is 8.65. The summed E-state index contributed by atoms with van der Waals surface area (Å²) in [6.07, 6.45) is 4.50. The number of nitrogens with one attached hydrogen (secondary N) is 1. The van der Waals surface area contributed by atoms with E-state index < -0.39 is 9.84 Å². The summed E-state index contributed by atoms with van der Waals surface area (Å²) >= 11 is 0. The molecule has 0 saturated carbocycles. The largest absolute Gasteiger partial charge is 0.319 e. The predicted octanol–water partition coefficient (Wildman–Crippen LogP) is 2.08. The van der Waals surface area contributed by atoms with Gasteiger partial charge in [-0.3, -0.25) is 0 Å². The Balaban J connectivity index is 2.54. The van der Waals surface area contributed by atoms with Gasteiger partial charge in [0, 0.05) is 0 Å². The molecule has 1 aliphatic heterocycles. The molecule has 1 heterocycles. The molecule has 0 aromatic heterocycles. The van der Waals surface area contributed by atoms with Crippen molar-refractivity contribution in [3.8, 4) is 0 Å². The Bertz CT molecular complexity index is 313. The summed E-state index contributed by atoms with van der Waals surface area (Å²) in [6.45, 7) is 5.45. The Hall–Kier alpha value is -0.0900. The normalized spacial score (nSPS) is 26.9. The maximum absolute atomic E-state index is 11.5. The molecule has 0 bridgehead atoms. The van der Waals surface area contributed by atoms with Crippen molar-refractivity contribution in [1.82, 2.24) is 5.32 Å². The monoisotopic (exact) mass is 261 g/mol. The van der Waals surface area contributed by atoms with Crippen molar-refractivity contribution in [1.29, 1.82) is 0 Å². The van der Waals surface area contributed by atoms with Gasteiger partial charge in [-0.15, -0.1) is 0 Å². The predicted molar refractivity (Wildman–Crippen MR) is 72.9 cm³/mol. The average Bonchev–Trinajstić information content (AvgIpc) is 2.58. The maximum Gasteiger partial charge on any atom is 0.150 e.